The molecule has 0 saturated carbocycles. The van der Waals surface area contributed by atoms with Crippen molar-refractivity contribution in [3.05, 3.63) is 0 Å². The molecule has 1 heterocycles. The molecule has 0 bridgehead atoms. The molecule has 0 spiro atoms. The van der Waals surface area contributed by atoms with Crippen molar-refractivity contribution < 1.29 is 4.79 Å². The second-order valence-electron chi connectivity index (χ2n) is 4.00. The molecule has 1 rings (SSSR count). The molecular weight excluding hydrogens is 188 g/mol. The van der Waals surface area contributed by atoms with Gasteiger partial charge in [0.1, 0.15) is 0 Å². The average Bonchev–Trinajstić information content (AvgIpc) is 2.27. The molecule has 1 amide bonds. The average molecular weight is 208 g/mol. The van der Waals surface area contributed by atoms with Gasteiger partial charge in [0.05, 0.1) is 0 Å². The number of amides is 1. The normalized spacial score (nSPS) is 17.1. The maximum atomic E-state index is 11.5. The first-order valence-corrected chi connectivity index (χ1v) is 5.64. The number of carbonyl (C=O) groups is 1. The fourth-order valence-electron chi connectivity index (χ4n) is 1.96. The predicted molar refractivity (Wildman–Crippen MR) is 61.3 cm³/mol. The van der Waals surface area contributed by atoms with E-state index in [1.165, 1.54) is 6.42 Å². The topological polar surface area (TPSA) is 32.3 Å². The highest BCUT2D eigenvalue weighted by Crippen LogP contribution is 2.19. The summed E-state index contributed by atoms with van der Waals surface area (Å²) in [5, 5.41) is 3.17. The quantitative estimate of drug-likeness (QED) is 0.698. The monoisotopic (exact) mass is 208 g/mol. The minimum atomic E-state index is -0.00966. The minimum absolute atomic E-state index is 0.00966. The van der Waals surface area contributed by atoms with Crippen LogP contribution in [0.3, 0.4) is 0 Å². The molecule has 1 aliphatic rings. The highest BCUT2D eigenvalue weighted by atomic mass is 16.2. The van der Waals surface area contributed by atoms with E-state index in [4.69, 9.17) is 0 Å². The lowest BCUT2D eigenvalue weighted by molar-refractivity contribution is -0.126. The summed E-state index contributed by atoms with van der Waals surface area (Å²) in [5.74, 6) is 6.02. The summed E-state index contributed by atoms with van der Waals surface area (Å²) < 4.78 is 0. The van der Waals surface area contributed by atoms with Gasteiger partial charge < -0.3 is 10.2 Å². The van der Waals surface area contributed by atoms with E-state index in [0.717, 1.165) is 38.4 Å². The molecule has 0 aromatic rings. The van der Waals surface area contributed by atoms with Crippen molar-refractivity contribution in [3.63, 3.8) is 0 Å². The third-order valence-corrected chi connectivity index (χ3v) is 2.94. The summed E-state index contributed by atoms with van der Waals surface area (Å²) in [4.78, 5) is 13.3. The van der Waals surface area contributed by atoms with Gasteiger partial charge in [-0.25, -0.2) is 0 Å². The molecule has 0 atom stereocenters. The first-order chi connectivity index (χ1) is 7.27. The second kappa shape index (κ2) is 6.47. The Kier molecular flexibility index (Phi) is 5.20. The Hall–Kier alpha value is -1.01. The Labute approximate surface area is 92.2 Å². The molecule has 1 saturated heterocycles. The third kappa shape index (κ3) is 3.93. The zero-order valence-electron chi connectivity index (χ0n) is 9.68. The molecule has 1 N–H and O–H groups in total. The fourth-order valence-corrected chi connectivity index (χ4v) is 1.96. The van der Waals surface area contributed by atoms with Crippen molar-refractivity contribution in [2.75, 3.05) is 26.7 Å². The van der Waals surface area contributed by atoms with E-state index in [0.29, 0.717) is 0 Å². The highest BCUT2D eigenvalue weighted by Gasteiger charge is 2.21. The van der Waals surface area contributed by atoms with Gasteiger partial charge in [0.25, 0.3) is 5.91 Å². The van der Waals surface area contributed by atoms with Gasteiger partial charge in [-0.15, -0.1) is 0 Å². The maximum Gasteiger partial charge on any atom is 0.298 e. The molecule has 0 aliphatic carbocycles. The van der Waals surface area contributed by atoms with Crippen molar-refractivity contribution in [1.82, 2.24) is 10.2 Å². The molecule has 0 aromatic carbocycles. The summed E-state index contributed by atoms with van der Waals surface area (Å²) in [6, 6.07) is 0. The number of carbonyl (C=O) groups excluding carboxylic acids is 1. The number of piperidine rings is 1. The summed E-state index contributed by atoms with van der Waals surface area (Å²) in [6.45, 7) is 4.54. The third-order valence-electron chi connectivity index (χ3n) is 2.94. The van der Waals surface area contributed by atoms with Crippen molar-refractivity contribution in [2.45, 2.75) is 26.2 Å². The van der Waals surface area contributed by atoms with Crippen molar-refractivity contribution >= 4 is 5.91 Å². The molecule has 1 aliphatic heterocycles. The van der Waals surface area contributed by atoms with E-state index in [-0.39, 0.29) is 5.91 Å². The lowest BCUT2D eigenvalue weighted by atomic mass is 9.93. The van der Waals surface area contributed by atoms with E-state index < -0.39 is 0 Å². The van der Waals surface area contributed by atoms with E-state index in [9.17, 15) is 4.79 Å². The Balaban J connectivity index is 2.28. The van der Waals surface area contributed by atoms with Crippen LogP contribution in [-0.4, -0.2) is 37.5 Å². The van der Waals surface area contributed by atoms with Crippen LogP contribution >= 0.6 is 0 Å². The van der Waals surface area contributed by atoms with E-state index >= 15 is 0 Å². The molecule has 0 aromatic heterocycles. The molecule has 0 radical (unpaired) electrons. The van der Waals surface area contributed by atoms with Crippen LogP contribution in [-0.2, 0) is 4.79 Å². The highest BCUT2D eigenvalue weighted by molar-refractivity contribution is 5.93. The molecule has 15 heavy (non-hydrogen) atoms. The Morgan fingerprint density at radius 3 is 2.67 bits per heavy atom. The van der Waals surface area contributed by atoms with Crippen molar-refractivity contribution in [3.8, 4) is 11.8 Å². The predicted octanol–water partition coefficient (Wildman–Crippen LogP) is 0.858. The second-order valence-corrected chi connectivity index (χ2v) is 4.00. The number of hydrogen-bond donors (Lipinski definition) is 1. The summed E-state index contributed by atoms with van der Waals surface area (Å²) >= 11 is 0. The fraction of sp³-hybridized carbons (Fsp3) is 0.750. The molecular formula is C12H20N2O. The Morgan fingerprint density at radius 2 is 2.13 bits per heavy atom. The number of nitrogens with zero attached hydrogens (tertiary/aromatic N) is 1. The summed E-state index contributed by atoms with van der Waals surface area (Å²) in [7, 11) is 1.98. The van der Waals surface area contributed by atoms with Crippen LogP contribution in [0.5, 0.6) is 0 Å². The van der Waals surface area contributed by atoms with Crippen molar-refractivity contribution in [2.24, 2.45) is 5.92 Å². The molecule has 84 valence electrons. The number of rotatable bonds is 3. The van der Waals surface area contributed by atoms with Crippen LogP contribution in [0.1, 0.15) is 26.2 Å². The van der Waals surface area contributed by atoms with Gasteiger partial charge in [-0.1, -0.05) is 5.92 Å². The van der Waals surface area contributed by atoms with E-state index in [1.54, 1.807) is 6.92 Å². The van der Waals surface area contributed by atoms with Gasteiger partial charge in [-0.05, 0) is 51.6 Å². The van der Waals surface area contributed by atoms with Crippen LogP contribution < -0.4 is 5.32 Å². The van der Waals surface area contributed by atoms with Crippen LogP contribution in [0.25, 0.3) is 0 Å². The van der Waals surface area contributed by atoms with Crippen LogP contribution in [0, 0.1) is 17.8 Å². The number of hydrogen-bond acceptors (Lipinski definition) is 2. The van der Waals surface area contributed by atoms with E-state index in [1.807, 2.05) is 11.9 Å². The summed E-state index contributed by atoms with van der Waals surface area (Å²) in [5.41, 5.74) is 0. The van der Waals surface area contributed by atoms with Crippen LogP contribution in [0.4, 0.5) is 0 Å². The lowest BCUT2D eigenvalue weighted by Gasteiger charge is -2.30. The number of nitrogens with one attached hydrogen (secondary N) is 1. The Bertz CT molecular complexity index is 257. The van der Waals surface area contributed by atoms with Gasteiger partial charge in [0, 0.05) is 13.1 Å². The number of likely N-dealkylation sites (tertiary alicyclic amines) is 1. The zero-order valence-corrected chi connectivity index (χ0v) is 9.68. The van der Waals surface area contributed by atoms with Gasteiger partial charge in [0.15, 0.2) is 0 Å². The zero-order chi connectivity index (χ0) is 11.1. The first-order valence-electron chi connectivity index (χ1n) is 5.64. The van der Waals surface area contributed by atoms with Crippen LogP contribution in [0.15, 0.2) is 0 Å². The standard InChI is InChI=1S/C12H20N2O/c1-3-4-12(15)14-9-6-11(7-10-14)5-8-13-2/h11,13H,5-10H2,1-2H3. The van der Waals surface area contributed by atoms with Crippen molar-refractivity contribution in [1.29, 1.82) is 0 Å². The van der Waals surface area contributed by atoms with Crippen LogP contribution in [0.2, 0.25) is 0 Å². The maximum absolute atomic E-state index is 11.5. The SMILES string of the molecule is CC#CC(=O)N1CCC(CCNC)CC1. The van der Waals surface area contributed by atoms with Gasteiger partial charge >= 0.3 is 0 Å². The minimum Gasteiger partial charge on any atom is -0.332 e. The van der Waals surface area contributed by atoms with Gasteiger partial charge in [-0.3, -0.25) is 4.79 Å². The molecule has 1 fully saturated rings. The largest absolute Gasteiger partial charge is 0.332 e. The molecule has 3 nitrogen and oxygen atoms in total. The molecule has 0 unspecified atom stereocenters. The summed E-state index contributed by atoms with van der Waals surface area (Å²) in [6.07, 6.45) is 3.47. The Morgan fingerprint density at radius 1 is 1.47 bits per heavy atom. The van der Waals surface area contributed by atoms with Gasteiger partial charge in [0.2, 0.25) is 0 Å². The van der Waals surface area contributed by atoms with E-state index in [2.05, 4.69) is 17.2 Å². The first kappa shape index (κ1) is 12.1. The molecule has 3 heteroatoms. The lowest BCUT2D eigenvalue weighted by Crippen LogP contribution is -2.38. The smallest absolute Gasteiger partial charge is 0.298 e. The van der Waals surface area contributed by atoms with Gasteiger partial charge in [-0.2, -0.15) is 0 Å².